The minimum Gasteiger partial charge on any atom is -0.423 e. The van der Waals surface area contributed by atoms with Crippen molar-refractivity contribution >= 4 is 39.0 Å². The van der Waals surface area contributed by atoms with Crippen LogP contribution >= 0.6 is 15.9 Å². The Kier molecular flexibility index (Phi) is 4.93. The molecular formula is C20H20BrN3O2. The number of para-hydroxylation sites is 2. The normalized spacial score (nSPS) is 15.3. The molecule has 3 aromatic rings. The molecule has 0 saturated carbocycles. The van der Waals surface area contributed by atoms with Gasteiger partial charge in [-0.3, -0.25) is 4.79 Å². The lowest BCUT2D eigenvalue weighted by Crippen LogP contribution is -2.38. The molecule has 4 rings (SSSR count). The number of oxazole rings is 1. The predicted octanol–water partition coefficient (Wildman–Crippen LogP) is 4.24. The number of carbonyl (C=O) groups excluding carboxylic acids is 1. The maximum Gasteiger partial charge on any atom is 0.298 e. The first-order valence-corrected chi connectivity index (χ1v) is 9.62. The first kappa shape index (κ1) is 17.1. The van der Waals surface area contributed by atoms with Gasteiger partial charge in [0.15, 0.2) is 5.58 Å². The van der Waals surface area contributed by atoms with Gasteiger partial charge < -0.3 is 14.6 Å². The number of halogens is 1. The van der Waals surface area contributed by atoms with E-state index >= 15 is 0 Å². The van der Waals surface area contributed by atoms with Gasteiger partial charge in [-0.1, -0.05) is 28.1 Å². The third-order valence-corrected chi connectivity index (χ3v) is 5.35. The standard InChI is InChI=1S/C20H20BrN3O2/c21-16-7-5-15(6-8-16)19(25)22-13-14-9-11-24(12-10-14)20-23-17-3-1-2-4-18(17)26-20/h1-8,14H,9-13H2,(H,22,25). The molecule has 1 amide bonds. The van der Waals surface area contributed by atoms with Gasteiger partial charge in [-0.25, -0.2) is 0 Å². The van der Waals surface area contributed by atoms with E-state index in [1.807, 2.05) is 48.5 Å². The molecule has 134 valence electrons. The second-order valence-electron chi connectivity index (χ2n) is 6.61. The zero-order valence-electron chi connectivity index (χ0n) is 14.3. The summed E-state index contributed by atoms with van der Waals surface area (Å²) in [6.07, 6.45) is 2.03. The van der Waals surface area contributed by atoms with Crippen LogP contribution in [0.3, 0.4) is 0 Å². The number of rotatable bonds is 4. The molecule has 1 N–H and O–H groups in total. The van der Waals surface area contributed by atoms with Crippen LogP contribution in [0.15, 0.2) is 57.4 Å². The van der Waals surface area contributed by atoms with Crippen LogP contribution in [0.4, 0.5) is 6.01 Å². The SMILES string of the molecule is O=C(NCC1CCN(c2nc3ccccc3o2)CC1)c1ccc(Br)cc1. The molecule has 2 heterocycles. The molecule has 2 aromatic carbocycles. The molecule has 1 aromatic heterocycles. The fourth-order valence-corrected chi connectivity index (χ4v) is 3.53. The van der Waals surface area contributed by atoms with Gasteiger partial charge in [-0.15, -0.1) is 0 Å². The van der Waals surface area contributed by atoms with Crippen molar-refractivity contribution in [2.75, 3.05) is 24.5 Å². The van der Waals surface area contributed by atoms with Crippen molar-refractivity contribution in [3.05, 3.63) is 58.6 Å². The summed E-state index contributed by atoms with van der Waals surface area (Å²) in [7, 11) is 0. The van der Waals surface area contributed by atoms with Crippen LogP contribution in [-0.4, -0.2) is 30.5 Å². The van der Waals surface area contributed by atoms with Crippen LogP contribution in [0.5, 0.6) is 0 Å². The van der Waals surface area contributed by atoms with Gasteiger partial charge in [0.05, 0.1) is 0 Å². The quantitative estimate of drug-likeness (QED) is 0.694. The van der Waals surface area contributed by atoms with Crippen molar-refractivity contribution in [2.24, 2.45) is 5.92 Å². The van der Waals surface area contributed by atoms with E-state index in [1.165, 1.54) is 0 Å². The number of hydrogen-bond acceptors (Lipinski definition) is 4. The zero-order valence-corrected chi connectivity index (χ0v) is 15.9. The molecule has 5 nitrogen and oxygen atoms in total. The van der Waals surface area contributed by atoms with E-state index in [0.29, 0.717) is 24.0 Å². The number of nitrogens with zero attached hydrogens (tertiary/aromatic N) is 2. The van der Waals surface area contributed by atoms with Crippen LogP contribution < -0.4 is 10.2 Å². The molecule has 0 atom stereocenters. The Bertz CT molecular complexity index is 866. The molecular weight excluding hydrogens is 394 g/mol. The topological polar surface area (TPSA) is 58.4 Å². The summed E-state index contributed by atoms with van der Waals surface area (Å²) < 4.78 is 6.82. The summed E-state index contributed by atoms with van der Waals surface area (Å²) in [5, 5.41) is 3.05. The molecule has 1 fully saturated rings. The van der Waals surface area contributed by atoms with Gasteiger partial charge in [-0.2, -0.15) is 4.98 Å². The molecule has 0 spiro atoms. The second kappa shape index (κ2) is 7.50. The Morgan fingerprint density at radius 2 is 1.88 bits per heavy atom. The van der Waals surface area contributed by atoms with E-state index < -0.39 is 0 Å². The molecule has 0 radical (unpaired) electrons. The third kappa shape index (κ3) is 3.75. The number of anilines is 1. The molecule has 1 aliphatic rings. The lowest BCUT2D eigenvalue weighted by molar-refractivity contribution is 0.0944. The molecule has 1 saturated heterocycles. The highest BCUT2D eigenvalue weighted by Gasteiger charge is 2.23. The summed E-state index contributed by atoms with van der Waals surface area (Å²) in [5.74, 6) is 0.467. The lowest BCUT2D eigenvalue weighted by Gasteiger charge is -2.30. The Morgan fingerprint density at radius 1 is 1.15 bits per heavy atom. The highest BCUT2D eigenvalue weighted by Crippen LogP contribution is 2.26. The van der Waals surface area contributed by atoms with E-state index in [0.717, 1.165) is 41.5 Å². The van der Waals surface area contributed by atoms with Crippen LogP contribution in [0.25, 0.3) is 11.1 Å². The van der Waals surface area contributed by atoms with E-state index in [1.54, 1.807) is 0 Å². The van der Waals surface area contributed by atoms with E-state index in [4.69, 9.17) is 4.42 Å². The Balaban J connectivity index is 1.29. The summed E-state index contributed by atoms with van der Waals surface area (Å²) in [6.45, 7) is 2.49. The summed E-state index contributed by atoms with van der Waals surface area (Å²) in [5.41, 5.74) is 2.41. The monoisotopic (exact) mass is 413 g/mol. The number of fused-ring (bicyclic) bond motifs is 1. The van der Waals surface area contributed by atoms with Gasteiger partial charge in [0.1, 0.15) is 5.52 Å². The molecule has 6 heteroatoms. The van der Waals surface area contributed by atoms with Gasteiger partial charge in [0, 0.05) is 29.7 Å². The highest BCUT2D eigenvalue weighted by molar-refractivity contribution is 9.10. The molecule has 26 heavy (non-hydrogen) atoms. The number of piperidine rings is 1. The van der Waals surface area contributed by atoms with Gasteiger partial charge in [-0.05, 0) is 55.2 Å². The minimum atomic E-state index is -0.0149. The summed E-state index contributed by atoms with van der Waals surface area (Å²) >= 11 is 3.38. The van der Waals surface area contributed by atoms with Crippen molar-refractivity contribution in [2.45, 2.75) is 12.8 Å². The molecule has 0 unspecified atom stereocenters. The van der Waals surface area contributed by atoms with Gasteiger partial charge in [0.25, 0.3) is 11.9 Å². The third-order valence-electron chi connectivity index (χ3n) is 4.83. The van der Waals surface area contributed by atoms with Crippen LogP contribution in [0.1, 0.15) is 23.2 Å². The van der Waals surface area contributed by atoms with E-state index in [9.17, 15) is 4.79 Å². The van der Waals surface area contributed by atoms with Crippen LogP contribution in [-0.2, 0) is 0 Å². The number of benzene rings is 2. The Morgan fingerprint density at radius 3 is 2.62 bits per heavy atom. The number of amides is 1. The maximum absolute atomic E-state index is 12.2. The molecule has 0 bridgehead atoms. The van der Waals surface area contributed by atoms with E-state index in [2.05, 4.69) is 31.1 Å². The average Bonchev–Trinajstić information content (AvgIpc) is 3.11. The first-order chi connectivity index (χ1) is 12.7. The number of aromatic nitrogens is 1. The Labute approximate surface area is 160 Å². The lowest BCUT2D eigenvalue weighted by atomic mass is 9.97. The van der Waals surface area contributed by atoms with Crippen LogP contribution in [0.2, 0.25) is 0 Å². The summed E-state index contributed by atoms with van der Waals surface area (Å²) in [6, 6.07) is 15.9. The minimum absolute atomic E-state index is 0.0149. The van der Waals surface area contributed by atoms with E-state index in [-0.39, 0.29) is 5.91 Å². The fraction of sp³-hybridized carbons (Fsp3) is 0.300. The van der Waals surface area contributed by atoms with Crippen molar-refractivity contribution in [3.63, 3.8) is 0 Å². The maximum atomic E-state index is 12.2. The molecule has 1 aliphatic heterocycles. The smallest absolute Gasteiger partial charge is 0.298 e. The number of carbonyl (C=O) groups is 1. The predicted molar refractivity (Wildman–Crippen MR) is 105 cm³/mol. The zero-order chi connectivity index (χ0) is 17.9. The van der Waals surface area contributed by atoms with Gasteiger partial charge in [0.2, 0.25) is 0 Å². The largest absolute Gasteiger partial charge is 0.423 e. The van der Waals surface area contributed by atoms with Crippen LogP contribution in [0, 0.1) is 5.92 Å². The van der Waals surface area contributed by atoms with Crippen molar-refractivity contribution < 1.29 is 9.21 Å². The molecule has 0 aliphatic carbocycles. The second-order valence-corrected chi connectivity index (χ2v) is 7.53. The van der Waals surface area contributed by atoms with Crippen molar-refractivity contribution in [1.29, 1.82) is 0 Å². The summed E-state index contributed by atoms with van der Waals surface area (Å²) in [4.78, 5) is 19.0. The van der Waals surface area contributed by atoms with Crippen molar-refractivity contribution in [3.8, 4) is 0 Å². The number of nitrogens with one attached hydrogen (secondary N) is 1. The van der Waals surface area contributed by atoms with Gasteiger partial charge >= 0.3 is 0 Å². The van der Waals surface area contributed by atoms with Crippen molar-refractivity contribution in [1.82, 2.24) is 10.3 Å². The highest BCUT2D eigenvalue weighted by atomic mass is 79.9. The number of hydrogen-bond donors (Lipinski definition) is 1. The Hall–Kier alpha value is -2.34. The fourth-order valence-electron chi connectivity index (χ4n) is 3.26. The average molecular weight is 414 g/mol. The first-order valence-electron chi connectivity index (χ1n) is 8.83.